The number of unbranched alkanes of at least 4 members (excludes halogenated alkanes) is 7. The minimum atomic E-state index is -1.06. The Labute approximate surface area is 172 Å². The maximum absolute atomic E-state index is 12.9. The van der Waals surface area contributed by atoms with Gasteiger partial charge in [0.15, 0.2) is 0 Å². The van der Waals surface area contributed by atoms with E-state index in [4.69, 9.17) is 4.74 Å². The maximum Gasteiger partial charge on any atom is 0.316 e. The van der Waals surface area contributed by atoms with Gasteiger partial charge in [-0.15, -0.1) is 0 Å². The van der Waals surface area contributed by atoms with Crippen LogP contribution in [0, 0.1) is 17.3 Å². The van der Waals surface area contributed by atoms with Crippen LogP contribution in [0.25, 0.3) is 0 Å². The smallest absolute Gasteiger partial charge is 0.316 e. The van der Waals surface area contributed by atoms with Crippen LogP contribution in [-0.2, 0) is 14.3 Å². The molecule has 0 bridgehead atoms. The Bertz CT molecular complexity index is 497. The molecule has 0 heterocycles. The van der Waals surface area contributed by atoms with Gasteiger partial charge in [-0.3, -0.25) is 9.59 Å². The second-order valence-corrected chi connectivity index (χ2v) is 9.07. The lowest BCUT2D eigenvalue weighted by Gasteiger charge is -2.34. The van der Waals surface area contributed by atoms with E-state index in [9.17, 15) is 14.7 Å². The normalized spacial score (nSPS) is 23.0. The molecular weight excluding hydrogens is 352 g/mol. The summed E-state index contributed by atoms with van der Waals surface area (Å²) in [6.07, 6.45) is 16.5. The third-order valence-electron chi connectivity index (χ3n) is 5.94. The highest BCUT2D eigenvalue weighted by molar-refractivity contribution is 5.86. The highest BCUT2D eigenvalue weighted by atomic mass is 16.5. The Kier molecular flexibility index (Phi) is 11.5. The van der Waals surface area contributed by atoms with Crippen molar-refractivity contribution in [3.8, 4) is 0 Å². The summed E-state index contributed by atoms with van der Waals surface area (Å²) in [6, 6.07) is 0. The molecule has 4 nitrogen and oxygen atoms in total. The molecule has 0 fully saturated rings. The molecule has 162 valence electrons. The second-order valence-electron chi connectivity index (χ2n) is 9.07. The topological polar surface area (TPSA) is 63.6 Å². The first-order valence-corrected chi connectivity index (χ1v) is 11.4. The van der Waals surface area contributed by atoms with E-state index in [0.717, 1.165) is 19.3 Å². The Morgan fingerprint density at radius 3 is 2.29 bits per heavy atom. The van der Waals surface area contributed by atoms with Gasteiger partial charge in [0.1, 0.15) is 6.10 Å². The van der Waals surface area contributed by atoms with Crippen LogP contribution in [0.5, 0.6) is 0 Å². The van der Waals surface area contributed by atoms with Gasteiger partial charge >= 0.3 is 11.9 Å². The number of allylic oxidation sites excluding steroid dienone is 1. The predicted octanol–water partition coefficient (Wildman–Crippen LogP) is 6.53. The van der Waals surface area contributed by atoms with Gasteiger partial charge in [0.25, 0.3) is 0 Å². The minimum Gasteiger partial charge on any atom is -0.481 e. The molecule has 0 saturated carbocycles. The number of hydrogen-bond donors (Lipinski definition) is 1. The molecule has 0 amide bonds. The molecule has 0 aromatic rings. The zero-order valence-corrected chi connectivity index (χ0v) is 18.5. The van der Waals surface area contributed by atoms with E-state index in [-0.39, 0.29) is 12.1 Å². The lowest BCUT2D eigenvalue weighted by atomic mass is 9.71. The van der Waals surface area contributed by atoms with Crippen molar-refractivity contribution >= 4 is 11.9 Å². The SMILES string of the molecule is CCCCCCCCCCC(CC(C)C)OC(=O)C1(C)C=CCCC1C(=O)O. The molecule has 1 rings (SSSR count). The van der Waals surface area contributed by atoms with Crippen LogP contribution < -0.4 is 0 Å². The van der Waals surface area contributed by atoms with Gasteiger partial charge in [-0.25, -0.2) is 0 Å². The van der Waals surface area contributed by atoms with Gasteiger partial charge in [-0.05, 0) is 44.9 Å². The van der Waals surface area contributed by atoms with Crippen molar-refractivity contribution in [1.29, 1.82) is 0 Å². The van der Waals surface area contributed by atoms with Gasteiger partial charge in [-0.2, -0.15) is 0 Å². The number of aliphatic carboxylic acids is 1. The number of hydrogen-bond acceptors (Lipinski definition) is 3. The van der Waals surface area contributed by atoms with Crippen molar-refractivity contribution in [2.45, 2.75) is 111 Å². The molecule has 3 atom stereocenters. The fourth-order valence-corrected chi connectivity index (χ4v) is 4.13. The number of esters is 1. The molecule has 0 radical (unpaired) electrons. The van der Waals surface area contributed by atoms with Gasteiger partial charge in [-0.1, -0.05) is 77.9 Å². The summed E-state index contributed by atoms with van der Waals surface area (Å²) in [4.78, 5) is 24.6. The van der Waals surface area contributed by atoms with Crippen LogP contribution in [0.2, 0.25) is 0 Å². The second kappa shape index (κ2) is 13.0. The lowest BCUT2D eigenvalue weighted by molar-refractivity contribution is -0.168. The summed E-state index contributed by atoms with van der Waals surface area (Å²) in [5, 5.41) is 9.54. The fourth-order valence-electron chi connectivity index (χ4n) is 4.13. The Morgan fingerprint density at radius 1 is 1.11 bits per heavy atom. The quantitative estimate of drug-likeness (QED) is 0.207. The summed E-state index contributed by atoms with van der Waals surface area (Å²) in [6.45, 7) is 8.22. The summed E-state index contributed by atoms with van der Waals surface area (Å²) < 4.78 is 5.89. The number of ether oxygens (including phenoxy) is 1. The van der Waals surface area contributed by atoms with Crippen LogP contribution in [0.3, 0.4) is 0 Å². The molecule has 0 saturated heterocycles. The first-order valence-electron chi connectivity index (χ1n) is 11.4. The van der Waals surface area contributed by atoms with E-state index in [1.165, 1.54) is 44.9 Å². The van der Waals surface area contributed by atoms with Crippen LogP contribution in [0.15, 0.2) is 12.2 Å². The molecule has 1 N–H and O–H groups in total. The van der Waals surface area contributed by atoms with Gasteiger partial charge in [0.05, 0.1) is 11.3 Å². The number of rotatable bonds is 14. The maximum atomic E-state index is 12.9. The van der Waals surface area contributed by atoms with Crippen molar-refractivity contribution in [2.24, 2.45) is 17.3 Å². The average molecular weight is 395 g/mol. The summed E-state index contributed by atoms with van der Waals surface area (Å²) in [5.74, 6) is -1.54. The van der Waals surface area contributed by atoms with Crippen molar-refractivity contribution < 1.29 is 19.4 Å². The molecule has 0 spiro atoms. The number of carboxylic acid groups (broad SMARTS) is 1. The van der Waals surface area contributed by atoms with E-state index in [0.29, 0.717) is 18.8 Å². The molecule has 0 aromatic carbocycles. The molecule has 0 aromatic heterocycles. The Morgan fingerprint density at radius 2 is 1.71 bits per heavy atom. The van der Waals surface area contributed by atoms with Crippen LogP contribution in [-0.4, -0.2) is 23.1 Å². The molecule has 28 heavy (non-hydrogen) atoms. The molecule has 0 aliphatic heterocycles. The number of carbonyl (C=O) groups excluding carboxylic acids is 1. The van der Waals surface area contributed by atoms with Crippen molar-refractivity contribution in [3.05, 3.63) is 12.2 Å². The van der Waals surface area contributed by atoms with Gasteiger partial charge < -0.3 is 9.84 Å². The average Bonchev–Trinajstić information content (AvgIpc) is 2.63. The van der Waals surface area contributed by atoms with Crippen molar-refractivity contribution in [3.63, 3.8) is 0 Å². The third-order valence-corrected chi connectivity index (χ3v) is 5.94. The van der Waals surface area contributed by atoms with E-state index >= 15 is 0 Å². The first-order chi connectivity index (χ1) is 13.3. The summed E-state index contributed by atoms with van der Waals surface area (Å²) >= 11 is 0. The highest BCUT2D eigenvalue weighted by Crippen LogP contribution is 2.38. The zero-order valence-electron chi connectivity index (χ0n) is 18.5. The first kappa shape index (κ1) is 24.7. The summed E-state index contributed by atoms with van der Waals surface area (Å²) in [7, 11) is 0. The molecular formula is C24H42O4. The summed E-state index contributed by atoms with van der Waals surface area (Å²) in [5.41, 5.74) is -1.06. The monoisotopic (exact) mass is 394 g/mol. The molecule has 4 heteroatoms. The largest absolute Gasteiger partial charge is 0.481 e. The van der Waals surface area contributed by atoms with Crippen LogP contribution in [0.4, 0.5) is 0 Å². The standard InChI is InChI=1S/C24H42O4/c1-5-6-7-8-9-10-11-12-15-20(18-19(2)3)28-23(27)24(4)17-14-13-16-21(24)22(25)26/h14,17,19-21H,5-13,15-16,18H2,1-4H3,(H,25,26). The predicted molar refractivity (Wildman–Crippen MR) is 114 cm³/mol. The Balaban J connectivity index is 2.53. The van der Waals surface area contributed by atoms with Crippen molar-refractivity contribution in [2.75, 3.05) is 0 Å². The van der Waals surface area contributed by atoms with Crippen LogP contribution >= 0.6 is 0 Å². The number of carboxylic acids is 1. The molecule has 1 aliphatic rings. The molecule has 3 unspecified atom stereocenters. The Hall–Kier alpha value is -1.32. The third kappa shape index (κ3) is 8.36. The van der Waals surface area contributed by atoms with Gasteiger partial charge in [0, 0.05) is 0 Å². The van der Waals surface area contributed by atoms with Crippen molar-refractivity contribution in [1.82, 2.24) is 0 Å². The minimum absolute atomic E-state index is 0.116. The lowest BCUT2D eigenvalue weighted by Crippen LogP contribution is -2.42. The number of carbonyl (C=O) groups is 2. The van der Waals surface area contributed by atoms with E-state index < -0.39 is 17.3 Å². The highest BCUT2D eigenvalue weighted by Gasteiger charge is 2.46. The van der Waals surface area contributed by atoms with E-state index in [2.05, 4.69) is 20.8 Å². The molecule has 1 aliphatic carbocycles. The van der Waals surface area contributed by atoms with Crippen LogP contribution in [0.1, 0.15) is 105 Å². The fraction of sp³-hybridized carbons (Fsp3) is 0.833. The van der Waals surface area contributed by atoms with E-state index in [1.807, 2.05) is 6.08 Å². The van der Waals surface area contributed by atoms with Gasteiger partial charge in [0.2, 0.25) is 0 Å². The zero-order chi connectivity index (χ0) is 21.0. The van der Waals surface area contributed by atoms with E-state index in [1.54, 1.807) is 13.0 Å².